The Hall–Kier alpha value is -1.13. The van der Waals surface area contributed by atoms with E-state index in [0.717, 1.165) is 16.3 Å². The third-order valence-corrected chi connectivity index (χ3v) is 3.86. The van der Waals surface area contributed by atoms with Gasteiger partial charge < -0.3 is 0 Å². The van der Waals surface area contributed by atoms with Gasteiger partial charge in [0.2, 0.25) is 0 Å². The van der Waals surface area contributed by atoms with Gasteiger partial charge in [0.25, 0.3) is 0 Å². The second kappa shape index (κ2) is 4.39. The van der Waals surface area contributed by atoms with Crippen molar-refractivity contribution in [1.29, 1.82) is 0 Å². The molecule has 16 heavy (non-hydrogen) atoms. The van der Waals surface area contributed by atoms with Crippen molar-refractivity contribution in [3.63, 3.8) is 0 Å². The first kappa shape index (κ1) is 11.4. The predicted octanol–water partition coefficient (Wildman–Crippen LogP) is 3.98. The number of benzene rings is 1. The summed E-state index contributed by atoms with van der Waals surface area (Å²) in [6.45, 7) is 0. The van der Waals surface area contributed by atoms with Gasteiger partial charge in [-0.1, -0.05) is 7.43 Å². The highest BCUT2D eigenvalue weighted by molar-refractivity contribution is 7.98. The smallest absolute Gasteiger partial charge is 0.0919 e. The van der Waals surface area contributed by atoms with Crippen molar-refractivity contribution in [3.05, 3.63) is 40.3 Å². The number of nitrogens with zero attached hydrogens (tertiary/aromatic N) is 2. The fourth-order valence-corrected chi connectivity index (χ4v) is 2.64. The first-order valence-corrected chi connectivity index (χ1v) is 6.65. The molecule has 1 aliphatic heterocycles. The molecule has 0 spiro atoms. The van der Waals surface area contributed by atoms with Crippen LogP contribution in [0.2, 0.25) is 0 Å². The Kier molecular flexibility index (Phi) is 3.12. The molecule has 1 aromatic carbocycles. The number of hydrogen-bond donors (Lipinski definition) is 0. The number of thioether (sulfide) groups is 1. The second-order valence-corrected chi connectivity index (χ2v) is 4.98. The van der Waals surface area contributed by atoms with Crippen molar-refractivity contribution in [2.24, 2.45) is 4.99 Å². The average Bonchev–Trinajstić information content (AvgIpc) is 2.73. The SMILES string of the molecule is C.CSc1ccc2c(c1)N=C2c1cncs1. The molecule has 0 saturated heterocycles. The van der Waals surface area contributed by atoms with Gasteiger partial charge in [0.05, 0.1) is 21.8 Å². The molecule has 0 bridgehead atoms. The van der Waals surface area contributed by atoms with Crippen LogP contribution < -0.4 is 0 Å². The van der Waals surface area contributed by atoms with Gasteiger partial charge in [-0.05, 0) is 24.5 Å². The maximum absolute atomic E-state index is 4.51. The molecule has 0 amide bonds. The summed E-state index contributed by atoms with van der Waals surface area (Å²) in [7, 11) is 0. The minimum Gasteiger partial charge on any atom is -0.252 e. The van der Waals surface area contributed by atoms with E-state index in [9.17, 15) is 0 Å². The summed E-state index contributed by atoms with van der Waals surface area (Å²) in [5, 5.41) is 0. The first-order chi connectivity index (χ1) is 7.38. The lowest BCUT2D eigenvalue weighted by atomic mass is 10.0. The van der Waals surface area contributed by atoms with E-state index in [1.165, 1.54) is 10.5 Å². The van der Waals surface area contributed by atoms with Crippen molar-refractivity contribution < 1.29 is 0 Å². The van der Waals surface area contributed by atoms with E-state index >= 15 is 0 Å². The van der Waals surface area contributed by atoms with E-state index < -0.39 is 0 Å². The van der Waals surface area contributed by atoms with Crippen LogP contribution in [0, 0.1) is 0 Å². The van der Waals surface area contributed by atoms with Gasteiger partial charge in [0.15, 0.2) is 0 Å². The van der Waals surface area contributed by atoms with E-state index in [-0.39, 0.29) is 7.43 Å². The van der Waals surface area contributed by atoms with Crippen molar-refractivity contribution in [1.82, 2.24) is 4.98 Å². The zero-order valence-corrected chi connectivity index (χ0v) is 9.73. The highest BCUT2D eigenvalue weighted by atomic mass is 32.2. The fraction of sp³-hybridized carbons (Fsp3) is 0.167. The van der Waals surface area contributed by atoms with Crippen LogP contribution in [0.25, 0.3) is 0 Å². The lowest BCUT2D eigenvalue weighted by Crippen LogP contribution is -2.09. The number of thiazole rings is 1. The number of hydrogen-bond acceptors (Lipinski definition) is 4. The number of rotatable bonds is 2. The van der Waals surface area contributed by atoms with Gasteiger partial charge in [-0.3, -0.25) is 4.98 Å². The van der Waals surface area contributed by atoms with Crippen LogP contribution in [0.5, 0.6) is 0 Å². The van der Waals surface area contributed by atoms with Crippen molar-refractivity contribution in [3.8, 4) is 0 Å². The van der Waals surface area contributed by atoms with Gasteiger partial charge in [-0.25, -0.2) is 4.99 Å². The van der Waals surface area contributed by atoms with Crippen molar-refractivity contribution in [2.75, 3.05) is 6.26 Å². The standard InChI is InChI=1S/C11H8N2S2.CH4/c1-14-7-2-3-8-9(4-7)13-11(8)10-5-12-6-15-10;/h2-6H,1H3;1H4. The molecule has 0 radical (unpaired) electrons. The molecule has 2 nitrogen and oxygen atoms in total. The molecule has 4 heteroatoms. The van der Waals surface area contributed by atoms with E-state index in [0.29, 0.717) is 0 Å². The monoisotopic (exact) mass is 248 g/mol. The van der Waals surface area contributed by atoms with E-state index in [1.807, 2.05) is 11.7 Å². The van der Waals surface area contributed by atoms with Crippen molar-refractivity contribution >= 4 is 34.5 Å². The number of aliphatic imine (C=N–C) groups is 1. The van der Waals surface area contributed by atoms with Gasteiger partial charge in [0.1, 0.15) is 0 Å². The predicted molar refractivity (Wildman–Crippen MR) is 72.4 cm³/mol. The zero-order valence-electron chi connectivity index (χ0n) is 8.10. The second-order valence-electron chi connectivity index (χ2n) is 3.21. The van der Waals surface area contributed by atoms with E-state index in [2.05, 4.69) is 34.4 Å². The first-order valence-electron chi connectivity index (χ1n) is 4.54. The highest BCUT2D eigenvalue weighted by Crippen LogP contribution is 2.36. The molecule has 0 aliphatic carbocycles. The molecular weight excluding hydrogens is 236 g/mol. The van der Waals surface area contributed by atoms with Crippen LogP contribution in [0.3, 0.4) is 0 Å². The quantitative estimate of drug-likeness (QED) is 0.641. The lowest BCUT2D eigenvalue weighted by Gasteiger charge is -2.17. The molecule has 0 atom stereocenters. The minimum atomic E-state index is 0. The molecule has 1 aromatic heterocycles. The molecule has 0 unspecified atom stereocenters. The molecule has 0 N–H and O–H groups in total. The van der Waals surface area contributed by atoms with Crippen LogP contribution in [-0.2, 0) is 0 Å². The molecule has 82 valence electrons. The summed E-state index contributed by atoms with van der Waals surface area (Å²) < 4.78 is 0. The van der Waals surface area contributed by atoms with Crippen LogP contribution in [0.4, 0.5) is 5.69 Å². The Balaban J connectivity index is 0.000000963. The number of fused-ring (bicyclic) bond motifs is 1. The highest BCUT2D eigenvalue weighted by Gasteiger charge is 2.21. The molecule has 3 rings (SSSR count). The van der Waals surface area contributed by atoms with Crippen molar-refractivity contribution in [2.45, 2.75) is 12.3 Å². The summed E-state index contributed by atoms with van der Waals surface area (Å²) in [5.74, 6) is 0. The summed E-state index contributed by atoms with van der Waals surface area (Å²) in [6.07, 6.45) is 3.95. The summed E-state index contributed by atoms with van der Waals surface area (Å²) >= 11 is 3.38. The molecule has 0 fully saturated rings. The Bertz CT molecular complexity index is 530. The Labute approximate surface area is 103 Å². The summed E-state index contributed by atoms with van der Waals surface area (Å²) in [4.78, 5) is 11.0. The normalized spacial score (nSPS) is 12.2. The Morgan fingerprint density at radius 1 is 1.31 bits per heavy atom. The number of aromatic nitrogens is 1. The summed E-state index contributed by atoms with van der Waals surface area (Å²) in [6, 6.07) is 6.41. The third kappa shape index (κ3) is 1.68. The lowest BCUT2D eigenvalue weighted by molar-refractivity contribution is 1.33. The average molecular weight is 248 g/mol. The van der Waals surface area contributed by atoms with E-state index in [1.54, 1.807) is 23.1 Å². The molecule has 1 aliphatic rings. The minimum absolute atomic E-state index is 0. The van der Waals surface area contributed by atoms with Gasteiger partial charge in [-0.2, -0.15) is 0 Å². The topological polar surface area (TPSA) is 25.2 Å². The molecule has 2 aromatic rings. The Morgan fingerprint density at radius 2 is 2.19 bits per heavy atom. The third-order valence-electron chi connectivity index (χ3n) is 2.36. The zero-order chi connectivity index (χ0) is 10.3. The molecule has 2 heterocycles. The van der Waals surface area contributed by atoms with Gasteiger partial charge in [0, 0.05) is 16.7 Å². The van der Waals surface area contributed by atoms with Gasteiger partial charge >= 0.3 is 0 Å². The molecular formula is C12H12N2S2. The summed E-state index contributed by atoms with van der Waals surface area (Å²) in [5.41, 5.74) is 5.27. The van der Waals surface area contributed by atoms with Crippen LogP contribution in [0.1, 0.15) is 17.9 Å². The maximum atomic E-state index is 4.51. The van der Waals surface area contributed by atoms with Gasteiger partial charge in [-0.15, -0.1) is 23.1 Å². The van der Waals surface area contributed by atoms with Crippen LogP contribution in [0.15, 0.2) is 39.8 Å². The van der Waals surface area contributed by atoms with E-state index in [4.69, 9.17) is 0 Å². The fourth-order valence-electron chi connectivity index (χ4n) is 1.58. The maximum Gasteiger partial charge on any atom is 0.0919 e. The molecule has 0 saturated carbocycles. The Morgan fingerprint density at radius 3 is 2.81 bits per heavy atom. The van der Waals surface area contributed by atoms with Crippen LogP contribution in [-0.4, -0.2) is 17.0 Å². The van der Waals surface area contributed by atoms with Crippen LogP contribution >= 0.6 is 23.1 Å². The largest absolute Gasteiger partial charge is 0.252 e.